The summed E-state index contributed by atoms with van der Waals surface area (Å²) in [4.78, 5) is 51.8. The molecule has 0 fully saturated rings. The minimum absolute atomic E-state index is 0.104. The molecule has 10 nitrogen and oxygen atoms in total. The number of halogens is 2. The second kappa shape index (κ2) is 29.3. The molecule has 0 saturated heterocycles. The zero-order chi connectivity index (χ0) is 50.9. The first kappa shape index (κ1) is 54.3. The Kier molecular flexibility index (Phi) is 22.1. The smallest absolute Gasteiger partial charge is 0.346 e. The van der Waals surface area contributed by atoms with E-state index in [1.807, 2.05) is 0 Å². The van der Waals surface area contributed by atoms with E-state index in [4.69, 9.17) is 28.4 Å². The van der Waals surface area contributed by atoms with E-state index in [0.717, 1.165) is 43.9 Å². The van der Waals surface area contributed by atoms with Crippen molar-refractivity contribution in [3.63, 3.8) is 0 Å². The zero-order valence-corrected chi connectivity index (χ0v) is 41.5. The highest BCUT2D eigenvalue weighted by atomic mass is 19.1. The molecular formula is C60H66F2O10. The molecule has 0 aliphatic carbocycles. The van der Waals surface area contributed by atoms with E-state index < -0.39 is 35.5 Å². The molecule has 0 heterocycles. The van der Waals surface area contributed by atoms with Crippen LogP contribution in [0.4, 0.5) is 8.78 Å². The first-order chi connectivity index (χ1) is 35.1. The van der Waals surface area contributed by atoms with Crippen molar-refractivity contribution in [2.75, 3.05) is 13.2 Å². The van der Waals surface area contributed by atoms with Crippen LogP contribution in [-0.2, 0) is 0 Å². The average Bonchev–Trinajstić information content (AvgIpc) is 3.37. The van der Waals surface area contributed by atoms with Gasteiger partial charge in [0.2, 0.25) is 0 Å². The van der Waals surface area contributed by atoms with Crippen LogP contribution in [0, 0.1) is 11.6 Å². The Morgan fingerprint density at radius 1 is 0.333 bits per heavy atom. The Hall–Kier alpha value is -7.08. The number of benzene rings is 6. The highest BCUT2D eigenvalue weighted by molar-refractivity contribution is 5.95. The molecule has 72 heavy (non-hydrogen) atoms. The molecule has 0 spiro atoms. The molecule has 0 radical (unpaired) electrons. The van der Waals surface area contributed by atoms with Crippen LogP contribution >= 0.6 is 0 Å². The summed E-state index contributed by atoms with van der Waals surface area (Å²) in [5, 5.41) is 1.40. The van der Waals surface area contributed by atoms with Crippen molar-refractivity contribution in [2.24, 2.45) is 0 Å². The Morgan fingerprint density at radius 2 is 0.653 bits per heavy atom. The van der Waals surface area contributed by atoms with Crippen LogP contribution in [0.3, 0.4) is 0 Å². The predicted molar refractivity (Wildman–Crippen MR) is 275 cm³/mol. The zero-order valence-electron chi connectivity index (χ0n) is 41.5. The summed E-state index contributed by atoms with van der Waals surface area (Å²) >= 11 is 0. The number of ether oxygens (including phenoxy) is 6. The van der Waals surface area contributed by atoms with Gasteiger partial charge in [-0.1, -0.05) is 129 Å². The van der Waals surface area contributed by atoms with Gasteiger partial charge >= 0.3 is 23.9 Å². The number of unbranched alkanes of at least 4 members (excludes halogenated alkanes) is 16. The normalized spacial score (nSPS) is 11.0. The van der Waals surface area contributed by atoms with E-state index in [2.05, 4.69) is 13.8 Å². The van der Waals surface area contributed by atoms with Crippen LogP contribution in [0.2, 0.25) is 0 Å². The van der Waals surface area contributed by atoms with Crippen molar-refractivity contribution in [1.82, 2.24) is 0 Å². The van der Waals surface area contributed by atoms with Crippen molar-refractivity contribution in [2.45, 2.75) is 129 Å². The second-order valence-electron chi connectivity index (χ2n) is 17.9. The number of fused-ring (bicyclic) bond motifs is 1. The maximum atomic E-state index is 14.9. The lowest BCUT2D eigenvalue weighted by Crippen LogP contribution is -2.12. The summed E-state index contributed by atoms with van der Waals surface area (Å²) in [5.41, 5.74) is -0.160. The molecule has 0 amide bonds. The van der Waals surface area contributed by atoms with Gasteiger partial charge in [-0.25, -0.2) is 28.0 Å². The van der Waals surface area contributed by atoms with Crippen molar-refractivity contribution in [3.05, 3.63) is 155 Å². The summed E-state index contributed by atoms with van der Waals surface area (Å²) in [6.07, 6.45) is 21.3. The van der Waals surface area contributed by atoms with Crippen molar-refractivity contribution >= 4 is 34.6 Å². The average molecular weight is 985 g/mol. The summed E-state index contributed by atoms with van der Waals surface area (Å²) in [5.74, 6) is -3.34. The molecule has 0 atom stereocenters. The summed E-state index contributed by atoms with van der Waals surface area (Å²) in [6.45, 7) is 5.36. The largest absolute Gasteiger partial charge is 0.493 e. The quantitative estimate of drug-likeness (QED) is 0.0245. The monoisotopic (exact) mass is 984 g/mol. The molecule has 0 aliphatic heterocycles. The molecular weight excluding hydrogens is 919 g/mol. The molecule has 6 aromatic carbocycles. The molecule has 12 heteroatoms. The van der Waals surface area contributed by atoms with Crippen molar-refractivity contribution in [3.8, 4) is 34.5 Å². The Labute approximate surface area is 421 Å². The summed E-state index contributed by atoms with van der Waals surface area (Å²) in [6, 6.07) is 29.4. The van der Waals surface area contributed by atoms with E-state index in [-0.39, 0.29) is 45.3 Å². The Balaban J connectivity index is 0.924. The van der Waals surface area contributed by atoms with Gasteiger partial charge in [0.05, 0.1) is 35.5 Å². The summed E-state index contributed by atoms with van der Waals surface area (Å²) < 4.78 is 63.2. The van der Waals surface area contributed by atoms with Crippen LogP contribution in [-0.4, -0.2) is 37.1 Å². The number of hydrogen-bond donors (Lipinski definition) is 0. The lowest BCUT2D eigenvalue weighted by atomic mass is 10.1. The SMILES string of the molecule is CCCCCCCCCCCOc1ccc(C(=O)Oc2ccc(C(=O)Oc3ccc4ccc(OC(=O)c5ccc(OC(=O)c6ccc(OCCCCCCCCCCC)cc6F)cc5)cc4c3)cc2)c(F)c1. The molecule has 0 saturated carbocycles. The third-order valence-corrected chi connectivity index (χ3v) is 12.2. The molecule has 0 N–H and O–H groups in total. The van der Waals surface area contributed by atoms with E-state index in [1.54, 1.807) is 36.4 Å². The highest BCUT2D eigenvalue weighted by Gasteiger charge is 2.19. The molecule has 380 valence electrons. The minimum atomic E-state index is -0.896. The standard InChI is InChI=1S/C60H66F2O10/c1-3-5-7-9-11-13-15-17-19-37-67-49-33-35-53(55(61)41-49)59(65)69-47-27-23-44(24-28-47)57(63)71-51-31-21-43-22-32-52(40-46(43)39-51)72-58(64)45-25-29-48(30-26-45)70-60(66)54-36-34-50(42-56(54)62)68-38-20-18-16-14-12-10-8-6-4-2/h21-36,39-42H,3-20,37-38H2,1-2H3. The second-order valence-corrected chi connectivity index (χ2v) is 17.9. The first-order valence-corrected chi connectivity index (χ1v) is 25.6. The fourth-order valence-electron chi connectivity index (χ4n) is 8.01. The molecule has 0 bridgehead atoms. The van der Waals surface area contributed by atoms with Crippen molar-refractivity contribution in [1.29, 1.82) is 0 Å². The third-order valence-electron chi connectivity index (χ3n) is 12.2. The Morgan fingerprint density at radius 3 is 1.01 bits per heavy atom. The van der Waals surface area contributed by atoms with E-state index >= 15 is 0 Å². The van der Waals surface area contributed by atoms with Gasteiger partial charge in [-0.15, -0.1) is 0 Å². The van der Waals surface area contributed by atoms with Gasteiger partial charge in [-0.3, -0.25) is 0 Å². The van der Waals surface area contributed by atoms with Crippen LogP contribution in [0.5, 0.6) is 34.5 Å². The minimum Gasteiger partial charge on any atom is -0.493 e. The van der Waals surface area contributed by atoms with Gasteiger partial charge in [-0.2, -0.15) is 0 Å². The number of hydrogen-bond acceptors (Lipinski definition) is 10. The number of carbonyl (C=O) groups is 4. The molecule has 6 rings (SSSR count). The maximum absolute atomic E-state index is 14.9. The lowest BCUT2D eigenvalue weighted by Gasteiger charge is -2.10. The van der Waals surface area contributed by atoms with E-state index in [9.17, 15) is 28.0 Å². The third kappa shape index (κ3) is 17.6. The van der Waals surface area contributed by atoms with E-state index in [1.165, 1.54) is 162 Å². The fourth-order valence-corrected chi connectivity index (χ4v) is 8.01. The van der Waals surface area contributed by atoms with Gasteiger partial charge < -0.3 is 28.4 Å². The number of rotatable bonds is 30. The molecule has 0 aliphatic rings. The van der Waals surface area contributed by atoms with Crippen LogP contribution in [0.25, 0.3) is 10.8 Å². The van der Waals surface area contributed by atoms with Gasteiger partial charge in [-0.05, 0) is 121 Å². The van der Waals surface area contributed by atoms with Gasteiger partial charge in [0.15, 0.2) is 0 Å². The number of carbonyl (C=O) groups excluding carboxylic acids is 4. The Bertz CT molecular complexity index is 2500. The highest BCUT2D eigenvalue weighted by Crippen LogP contribution is 2.28. The molecule has 6 aromatic rings. The number of esters is 4. The topological polar surface area (TPSA) is 124 Å². The van der Waals surface area contributed by atoms with Crippen LogP contribution in [0.1, 0.15) is 171 Å². The van der Waals surface area contributed by atoms with Gasteiger partial charge in [0, 0.05) is 12.1 Å². The van der Waals surface area contributed by atoms with E-state index in [0.29, 0.717) is 30.1 Å². The van der Waals surface area contributed by atoms with Crippen molar-refractivity contribution < 1.29 is 56.4 Å². The maximum Gasteiger partial charge on any atom is 0.346 e. The summed E-state index contributed by atoms with van der Waals surface area (Å²) in [7, 11) is 0. The van der Waals surface area contributed by atoms with Gasteiger partial charge in [0.25, 0.3) is 0 Å². The lowest BCUT2D eigenvalue weighted by molar-refractivity contribution is 0.0717. The first-order valence-electron chi connectivity index (χ1n) is 25.6. The fraction of sp³-hybridized carbons (Fsp3) is 0.367. The predicted octanol–water partition coefficient (Wildman–Crippen LogP) is 15.8. The molecule has 0 unspecified atom stereocenters. The van der Waals surface area contributed by atoms with Crippen LogP contribution in [0.15, 0.2) is 121 Å². The van der Waals surface area contributed by atoms with Crippen LogP contribution < -0.4 is 28.4 Å². The molecule has 0 aromatic heterocycles. The van der Waals surface area contributed by atoms with Gasteiger partial charge in [0.1, 0.15) is 46.1 Å².